The zero-order valence-electron chi connectivity index (χ0n) is 8.57. The molecule has 15 heavy (non-hydrogen) atoms. The lowest BCUT2D eigenvalue weighted by molar-refractivity contribution is 0.0600. The van der Waals surface area contributed by atoms with Gasteiger partial charge in [0, 0.05) is 0 Å². The molecule has 0 aliphatic heterocycles. The fourth-order valence-corrected chi connectivity index (χ4v) is 1.39. The minimum absolute atomic E-state index is 0.176. The molecule has 4 heteroatoms. The van der Waals surface area contributed by atoms with Crippen molar-refractivity contribution in [3.63, 3.8) is 0 Å². The summed E-state index contributed by atoms with van der Waals surface area (Å²) in [5.74, 6) is -0.565. The van der Waals surface area contributed by atoms with E-state index in [0.717, 1.165) is 5.56 Å². The molecule has 0 saturated heterocycles. The van der Waals surface area contributed by atoms with Crippen molar-refractivity contribution in [2.45, 2.75) is 13.5 Å². The van der Waals surface area contributed by atoms with Gasteiger partial charge in [-0.2, -0.15) is 5.26 Å². The summed E-state index contributed by atoms with van der Waals surface area (Å²) in [6.07, 6.45) is 0. The molecule has 0 bridgehead atoms. The van der Waals surface area contributed by atoms with Crippen LogP contribution in [0, 0.1) is 18.3 Å². The third kappa shape index (κ3) is 2.14. The van der Waals surface area contributed by atoms with Crippen LogP contribution < -0.4 is 0 Å². The van der Waals surface area contributed by atoms with Crippen LogP contribution in [0.15, 0.2) is 12.1 Å². The summed E-state index contributed by atoms with van der Waals surface area (Å²) < 4.78 is 4.56. The van der Waals surface area contributed by atoms with Crippen molar-refractivity contribution < 1.29 is 14.6 Å². The molecule has 0 radical (unpaired) electrons. The van der Waals surface area contributed by atoms with Crippen LogP contribution in [0.5, 0.6) is 0 Å². The molecule has 0 spiro atoms. The van der Waals surface area contributed by atoms with E-state index in [1.54, 1.807) is 19.1 Å². The topological polar surface area (TPSA) is 70.3 Å². The number of rotatable bonds is 2. The van der Waals surface area contributed by atoms with Crippen LogP contribution in [-0.2, 0) is 11.3 Å². The molecular weight excluding hydrogens is 194 g/mol. The van der Waals surface area contributed by atoms with Crippen molar-refractivity contribution in [1.29, 1.82) is 5.26 Å². The van der Waals surface area contributed by atoms with Crippen LogP contribution in [0.1, 0.15) is 27.0 Å². The largest absolute Gasteiger partial charge is 0.465 e. The van der Waals surface area contributed by atoms with Gasteiger partial charge in [0.15, 0.2) is 0 Å². The first-order valence-corrected chi connectivity index (χ1v) is 4.36. The van der Waals surface area contributed by atoms with Gasteiger partial charge >= 0.3 is 5.97 Å². The first-order chi connectivity index (χ1) is 7.13. The predicted octanol–water partition coefficient (Wildman–Crippen LogP) is 1.15. The monoisotopic (exact) mass is 205 g/mol. The number of esters is 1. The number of hydrogen-bond donors (Lipinski definition) is 1. The molecule has 1 aromatic carbocycles. The summed E-state index contributed by atoms with van der Waals surface area (Å²) in [6, 6.07) is 5.14. The maximum absolute atomic E-state index is 11.4. The first-order valence-electron chi connectivity index (χ1n) is 4.36. The van der Waals surface area contributed by atoms with E-state index < -0.39 is 5.97 Å². The third-order valence-corrected chi connectivity index (χ3v) is 2.05. The molecule has 0 heterocycles. The van der Waals surface area contributed by atoms with Crippen LogP contribution >= 0.6 is 0 Å². The lowest BCUT2D eigenvalue weighted by Crippen LogP contribution is -2.07. The molecule has 78 valence electrons. The van der Waals surface area contributed by atoms with Gasteiger partial charge in [0.05, 0.1) is 24.8 Å². The molecule has 0 amide bonds. The summed E-state index contributed by atoms with van der Waals surface area (Å²) in [7, 11) is 1.25. The minimum Gasteiger partial charge on any atom is -0.465 e. The fraction of sp³-hybridized carbons (Fsp3) is 0.273. The molecule has 1 N–H and O–H groups in total. The van der Waals surface area contributed by atoms with Crippen LogP contribution in [-0.4, -0.2) is 18.2 Å². The number of aryl methyl sites for hydroxylation is 1. The number of carbonyl (C=O) groups excluding carboxylic acids is 1. The van der Waals surface area contributed by atoms with Crippen molar-refractivity contribution >= 4 is 5.97 Å². The van der Waals surface area contributed by atoms with Crippen LogP contribution in [0.2, 0.25) is 0 Å². The second-order valence-corrected chi connectivity index (χ2v) is 3.11. The van der Waals surface area contributed by atoms with Crippen LogP contribution in [0.4, 0.5) is 0 Å². The van der Waals surface area contributed by atoms with Crippen molar-refractivity contribution in [3.8, 4) is 6.07 Å². The number of nitrogens with zero attached hydrogens (tertiary/aromatic N) is 1. The molecule has 0 unspecified atom stereocenters. The van der Waals surface area contributed by atoms with E-state index in [1.807, 2.05) is 6.07 Å². The van der Waals surface area contributed by atoms with E-state index in [1.165, 1.54) is 7.11 Å². The molecule has 0 fully saturated rings. The quantitative estimate of drug-likeness (QED) is 0.735. The Morgan fingerprint density at radius 2 is 2.27 bits per heavy atom. The lowest BCUT2D eigenvalue weighted by Gasteiger charge is -2.07. The number of methoxy groups -OCH3 is 1. The molecule has 0 saturated carbocycles. The van der Waals surface area contributed by atoms with Crippen molar-refractivity contribution in [3.05, 3.63) is 34.4 Å². The molecular formula is C11H11NO3. The van der Waals surface area contributed by atoms with E-state index in [0.29, 0.717) is 5.56 Å². The van der Waals surface area contributed by atoms with Gasteiger partial charge in [-0.25, -0.2) is 4.79 Å². The van der Waals surface area contributed by atoms with Gasteiger partial charge in [0.2, 0.25) is 0 Å². The Hall–Kier alpha value is -1.86. The zero-order chi connectivity index (χ0) is 11.4. The maximum atomic E-state index is 11.4. The highest BCUT2D eigenvalue weighted by molar-refractivity contribution is 5.92. The van der Waals surface area contributed by atoms with Crippen molar-refractivity contribution in [2.24, 2.45) is 0 Å². The van der Waals surface area contributed by atoms with Gasteiger partial charge in [-0.3, -0.25) is 0 Å². The number of aliphatic hydroxyl groups excluding tert-OH is 1. The maximum Gasteiger partial charge on any atom is 0.339 e. The van der Waals surface area contributed by atoms with E-state index in [4.69, 9.17) is 10.4 Å². The molecule has 0 aliphatic carbocycles. The van der Waals surface area contributed by atoms with Gasteiger partial charge in [0.25, 0.3) is 0 Å². The van der Waals surface area contributed by atoms with Crippen molar-refractivity contribution in [1.82, 2.24) is 0 Å². The van der Waals surface area contributed by atoms with Gasteiger partial charge in [0.1, 0.15) is 6.07 Å². The van der Waals surface area contributed by atoms with E-state index in [9.17, 15) is 4.79 Å². The predicted molar refractivity (Wildman–Crippen MR) is 53.2 cm³/mol. The number of carbonyl (C=O) groups is 1. The number of nitriles is 1. The Bertz CT molecular complexity index is 432. The normalized spacial score (nSPS) is 9.47. The number of ether oxygens (including phenoxy) is 1. The average Bonchev–Trinajstić information content (AvgIpc) is 2.26. The molecule has 0 aromatic heterocycles. The third-order valence-electron chi connectivity index (χ3n) is 2.05. The lowest BCUT2D eigenvalue weighted by atomic mass is 9.99. The Labute approximate surface area is 87.7 Å². The standard InChI is InChI=1S/C11H11NO3/c1-7-3-8(6-13)10(5-12)9(4-7)11(14)15-2/h3-4,13H,6H2,1-2H3. The second-order valence-electron chi connectivity index (χ2n) is 3.11. The summed E-state index contributed by atoms with van der Waals surface area (Å²) in [4.78, 5) is 11.4. The number of benzene rings is 1. The Morgan fingerprint density at radius 1 is 1.60 bits per heavy atom. The Kier molecular flexibility index (Phi) is 3.42. The van der Waals surface area contributed by atoms with E-state index in [-0.39, 0.29) is 17.7 Å². The SMILES string of the molecule is COC(=O)c1cc(C)cc(CO)c1C#N. The van der Waals surface area contributed by atoms with Gasteiger partial charge in [-0.15, -0.1) is 0 Å². The van der Waals surface area contributed by atoms with E-state index in [2.05, 4.69) is 4.74 Å². The van der Waals surface area contributed by atoms with Gasteiger partial charge in [-0.05, 0) is 24.1 Å². The highest BCUT2D eigenvalue weighted by Crippen LogP contribution is 2.17. The number of aliphatic hydroxyl groups is 1. The minimum atomic E-state index is -0.565. The molecule has 1 aromatic rings. The number of hydrogen-bond acceptors (Lipinski definition) is 4. The zero-order valence-corrected chi connectivity index (χ0v) is 8.57. The smallest absolute Gasteiger partial charge is 0.339 e. The molecule has 4 nitrogen and oxygen atoms in total. The van der Waals surface area contributed by atoms with Crippen LogP contribution in [0.3, 0.4) is 0 Å². The van der Waals surface area contributed by atoms with Crippen molar-refractivity contribution in [2.75, 3.05) is 7.11 Å². The molecule has 1 rings (SSSR count). The highest BCUT2D eigenvalue weighted by Gasteiger charge is 2.15. The van der Waals surface area contributed by atoms with Gasteiger partial charge in [-0.1, -0.05) is 6.07 Å². The molecule has 0 aliphatic rings. The first kappa shape index (κ1) is 11.2. The molecule has 0 atom stereocenters. The summed E-state index contributed by atoms with van der Waals surface area (Å²) in [5, 5.41) is 17.9. The average molecular weight is 205 g/mol. The second kappa shape index (κ2) is 4.58. The highest BCUT2D eigenvalue weighted by atomic mass is 16.5. The summed E-state index contributed by atoms with van der Waals surface area (Å²) in [6.45, 7) is 1.52. The Morgan fingerprint density at radius 3 is 2.73 bits per heavy atom. The summed E-state index contributed by atoms with van der Waals surface area (Å²) >= 11 is 0. The Balaban J connectivity index is 3.43. The summed E-state index contributed by atoms with van der Waals surface area (Å²) in [5.41, 5.74) is 1.62. The van der Waals surface area contributed by atoms with Gasteiger partial charge < -0.3 is 9.84 Å². The van der Waals surface area contributed by atoms with Crippen LogP contribution in [0.25, 0.3) is 0 Å². The fourth-order valence-electron chi connectivity index (χ4n) is 1.39. The van der Waals surface area contributed by atoms with E-state index >= 15 is 0 Å².